The summed E-state index contributed by atoms with van der Waals surface area (Å²) in [6, 6.07) is 0. The molecular formula is C13H31IN4O2S. The molecule has 0 rings (SSSR count). The molecule has 0 radical (unpaired) electrons. The fourth-order valence-corrected chi connectivity index (χ4v) is 2.14. The van der Waals surface area contributed by atoms with Gasteiger partial charge in [-0.05, 0) is 32.6 Å². The number of nitrogens with zero attached hydrogens (tertiary/aromatic N) is 1. The van der Waals surface area contributed by atoms with Crippen LogP contribution in [-0.2, 0) is 10.0 Å². The molecule has 8 heteroatoms. The zero-order valence-electron chi connectivity index (χ0n) is 13.6. The molecule has 21 heavy (non-hydrogen) atoms. The van der Waals surface area contributed by atoms with Crippen molar-refractivity contribution in [3.63, 3.8) is 0 Å². The molecule has 0 aromatic rings. The fourth-order valence-electron chi connectivity index (χ4n) is 1.52. The van der Waals surface area contributed by atoms with Crippen molar-refractivity contribution >= 4 is 40.0 Å². The van der Waals surface area contributed by atoms with E-state index >= 15 is 0 Å². The van der Waals surface area contributed by atoms with Crippen molar-refractivity contribution < 1.29 is 8.42 Å². The van der Waals surface area contributed by atoms with Gasteiger partial charge in [0.15, 0.2) is 5.96 Å². The number of guanidine groups is 1. The third-order valence-electron chi connectivity index (χ3n) is 2.67. The predicted molar refractivity (Wildman–Crippen MR) is 101 cm³/mol. The molecule has 0 aliphatic carbocycles. The Labute approximate surface area is 147 Å². The van der Waals surface area contributed by atoms with Crippen LogP contribution in [-0.4, -0.2) is 46.3 Å². The number of hydrogen-bond donors (Lipinski definition) is 3. The average Bonchev–Trinajstić information content (AvgIpc) is 2.39. The van der Waals surface area contributed by atoms with Gasteiger partial charge in [-0.2, -0.15) is 0 Å². The van der Waals surface area contributed by atoms with Crippen molar-refractivity contribution in [2.45, 2.75) is 40.5 Å². The maximum absolute atomic E-state index is 11.3. The molecule has 0 saturated heterocycles. The molecule has 0 aliphatic heterocycles. The quantitative estimate of drug-likeness (QED) is 0.211. The summed E-state index contributed by atoms with van der Waals surface area (Å²) in [5, 5.41) is 6.26. The summed E-state index contributed by atoms with van der Waals surface area (Å²) in [6.45, 7) is 10.5. The summed E-state index contributed by atoms with van der Waals surface area (Å²) >= 11 is 0. The van der Waals surface area contributed by atoms with Crippen LogP contribution in [0.25, 0.3) is 0 Å². The van der Waals surface area contributed by atoms with Gasteiger partial charge in [-0.25, -0.2) is 13.1 Å². The molecule has 0 atom stereocenters. The third kappa shape index (κ3) is 14.6. The molecule has 0 unspecified atom stereocenters. The lowest BCUT2D eigenvalue weighted by Gasteiger charge is -2.12. The first-order valence-electron chi connectivity index (χ1n) is 7.40. The molecule has 0 amide bonds. The lowest BCUT2D eigenvalue weighted by molar-refractivity contribution is 0.560. The minimum atomic E-state index is -3.11. The third-order valence-corrected chi connectivity index (χ3v) is 4.08. The Hall–Kier alpha value is -0.0900. The van der Waals surface area contributed by atoms with Gasteiger partial charge in [-0.15, -0.1) is 24.0 Å². The van der Waals surface area contributed by atoms with Gasteiger partial charge in [-0.1, -0.05) is 13.8 Å². The van der Waals surface area contributed by atoms with Gasteiger partial charge in [0.05, 0.1) is 5.75 Å². The van der Waals surface area contributed by atoms with E-state index in [0.29, 0.717) is 19.0 Å². The second kappa shape index (κ2) is 13.6. The maximum Gasteiger partial charge on any atom is 0.211 e. The van der Waals surface area contributed by atoms with Crippen molar-refractivity contribution in [2.75, 3.05) is 31.9 Å². The highest BCUT2D eigenvalue weighted by atomic mass is 127. The average molecular weight is 434 g/mol. The number of aliphatic imine (C=N–C) groups is 1. The lowest BCUT2D eigenvalue weighted by atomic mass is 10.1. The number of nitrogens with one attached hydrogen (secondary N) is 3. The van der Waals surface area contributed by atoms with Crippen LogP contribution in [0.3, 0.4) is 0 Å². The zero-order valence-corrected chi connectivity index (χ0v) is 16.8. The van der Waals surface area contributed by atoms with Crippen molar-refractivity contribution in [3.05, 3.63) is 0 Å². The molecule has 0 aromatic heterocycles. The zero-order chi connectivity index (χ0) is 15.4. The smallest absolute Gasteiger partial charge is 0.211 e. The van der Waals surface area contributed by atoms with E-state index in [4.69, 9.17) is 0 Å². The Balaban J connectivity index is 0. The lowest BCUT2D eigenvalue weighted by Crippen LogP contribution is -2.41. The summed E-state index contributed by atoms with van der Waals surface area (Å²) in [6.07, 6.45) is 2.23. The second-order valence-electron chi connectivity index (χ2n) is 5.02. The summed E-state index contributed by atoms with van der Waals surface area (Å²) in [4.78, 5) is 4.46. The normalized spacial score (nSPS) is 12.1. The van der Waals surface area contributed by atoms with Crippen LogP contribution in [0, 0.1) is 5.92 Å². The highest BCUT2D eigenvalue weighted by Crippen LogP contribution is 2.02. The Morgan fingerprint density at radius 2 is 1.81 bits per heavy atom. The van der Waals surface area contributed by atoms with E-state index in [1.807, 2.05) is 6.92 Å². The van der Waals surface area contributed by atoms with Crippen LogP contribution < -0.4 is 15.4 Å². The molecule has 0 spiro atoms. The first-order valence-corrected chi connectivity index (χ1v) is 9.06. The van der Waals surface area contributed by atoms with Crippen molar-refractivity contribution in [2.24, 2.45) is 10.9 Å². The molecule has 0 saturated carbocycles. The topological polar surface area (TPSA) is 82.6 Å². The van der Waals surface area contributed by atoms with Crippen LogP contribution in [0.4, 0.5) is 0 Å². The van der Waals surface area contributed by atoms with Gasteiger partial charge in [-0.3, -0.25) is 4.99 Å². The number of halogens is 1. The van der Waals surface area contributed by atoms with Crippen LogP contribution in [0.15, 0.2) is 4.99 Å². The molecule has 0 bridgehead atoms. The van der Waals surface area contributed by atoms with Gasteiger partial charge < -0.3 is 10.6 Å². The van der Waals surface area contributed by atoms with E-state index < -0.39 is 10.0 Å². The largest absolute Gasteiger partial charge is 0.357 e. The van der Waals surface area contributed by atoms with Crippen molar-refractivity contribution in [1.82, 2.24) is 15.4 Å². The van der Waals surface area contributed by atoms with Gasteiger partial charge in [0.2, 0.25) is 10.0 Å². The van der Waals surface area contributed by atoms with E-state index in [9.17, 15) is 8.42 Å². The molecular weight excluding hydrogens is 403 g/mol. The first kappa shape index (κ1) is 23.2. The van der Waals surface area contributed by atoms with E-state index in [1.54, 1.807) is 6.92 Å². The highest BCUT2D eigenvalue weighted by Gasteiger charge is 2.04. The van der Waals surface area contributed by atoms with Gasteiger partial charge >= 0.3 is 0 Å². The molecule has 128 valence electrons. The van der Waals surface area contributed by atoms with E-state index in [2.05, 4.69) is 34.2 Å². The molecule has 0 fully saturated rings. The molecule has 0 aliphatic rings. The van der Waals surface area contributed by atoms with E-state index in [0.717, 1.165) is 25.5 Å². The monoisotopic (exact) mass is 434 g/mol. The van der Waals surface area contributed by atoms with Crippen LogP contribution in [0.5, 0.6) is 0 Å². The first-order chi connectivity index (χ1) is 9.41. The standard InChI is InChI=1S/C13H30N4O2S.HI/c1-5-14-13(15-9-7-8-12(3)4)16-10-11-17-20(18,19)6-2;/h12,17H,5-11H2,1-4H3,(H2,14,15,16);1H. The minimum absolute atomic E-state index is 0. The van der Waals surface area contributed by atoms with Crippen molar-refractivity contribution in [1.29, 1.82) is 0 Å². The van der Waals surface area contributed by atoms with Gasteiger partial charge in [0, 0.05) is 26.2 Å². The molecule has 3 N–H and O–H groups in total. The molecule has 6 nitrogen and oxygen atoms in total. The van der Waals surface area contributed by atoms with Crippen molar-refractivity contribution in [3.8, 4) is 0 Å². The van der Waals surface area contributed by atoms with Crippen LogP contribution >= 0.6 is 24.0 Å². The summed E-state index contributed by atoms with van der Waals surface area (Å²) in [5.41, 5.74) is 0. The number of hydrogen-bond acceptors (Lipinski definition) is 3. The Morgan fingerprint density at radius 1 is 1.14 bits per heavy atom. The predicted octanol–water partition coefficient (Wildman–Crippen LogP) is 1.53. The minimum Gasteiger partial charge on any atom is -0.357 e. The summed E-state index contributed by atoms with van der Waals surface area (Å²) in [7, 11) is -3.11. The number of rotatable bonds is 10. The summed E-state index contributed by atoms with van der Waals surface area (Å²) in [5.74, 6) is 1.55. The Morgan fingerprint density at radius 3 is 2.33 bits per heavy atom. The van der Waals surface area contributed by atoms with Crippen LogP contribution in [0.1, 0.15) is 40.5 Å². The van der Waals surface area contributed by atoms with Gasteiger partial charge in [0.1, 0.15) is 0 Å². The molecule has 0 heterocycles. The molecule has 0 aromatic carbocycles. The highest BCUT2D eigenvalue weighted by molar-refractivity contribution is 14.0. The fraction of sp³-hybridized carbons (Fsp3) is 0.923. The maximum atomic E-state index is 11.3. The number of sulfonamides is 1. The van der Waals surface area contributed by atoms with E-state index in [1.165, 1.54) is 6.42 Å². The van der Waals surface area contributed by atoms with Crippen LogP contribution in [0.2, 0.25) is 0 Å². The summed E-state index contributed by atoms with van der Waals surface area (Å²) < 4.78 is 25.0. The second-order valence-corrected chi connectivity index (χ2v) is 7.12. The SMILES string of the molecule is CCNC(=NCCCC(C)C)NCCNS(=O)(=O)CC.I. The van der Waals surface area contributed by atoms with Gasteiger partial charge in [0.25, 0.3) is 0 Å². The Kier molecular flexibility index (Phi) is 15.0. The van der Waals surface area contributed by atoms with E-state index in [-0.39, 0.29) is 29.7 Å². The Bertz CT molecular complexity index is 372.